The molecule has 3 rings (SSSR count). The highest BCUT2D eigenvalue weighted by Crippen LogP contribution is 2.43. The third-order valence-corrected chi connectivity index (χ3v) is 5.15. The number of halogens is 2. The molecule has 0 unspecified atom stereocenters. The summed E-state index contributed by atoms with van der Waals surface area (Å²) in [4.78, 5) is 10.7. The predicted octanol–water partition coefficient (Wildman–Crippen LogP) is 4.48. The van der Waals surface area contributed by atoms with Gasteiger partial charge in [0.1, 0.15) is 6.10 Å². The summed E-state index contributed by atoms with van der Waals surface area (Å²) in [6.45, 7) is -2.54. The van der Waals surface area contributed by atoms with Crippen LogP contribution in [0.5, 0.6) is 11.5 Å². The van der Waals surface area contributed by atoms with Gasteiger partial charge in [-0.25, -0.2) is 4.79 Å². The highest BCUT2D eigenvalue weighted by Gasteiger charge is 2.39. The summed E-state index contributed by atoms with van der Waals surface area (Å²) in [5.41, 5.74) is -0.175. The lowest BCUT2D eigenvalue weighted by Crippen LogP contribution is -2.34. The van der Waals surface area contributed by atoms with Crippen molar-refractivity contribution in [3.05, 3.63) is 23.8 Å². The second kappa shape index (κ2) is 7.99. The van der Waals surface area contributed by atoms with Crippen LogP contribution in [0.1, 0.15) is 44.1 Å². The summed E-state index contributed by atoms with van der Waals surface area (Å²) in [6, 6.07) is 6.93. The van der Waals surface area contributed by atoms with E-state index in [1.54, 1.807) is 12.1 Å². The molecule has 0 bridgehead atoms. The molecule has 8 heteroatoms. The standard InChI is InChI=1S/C19H21F2NO5/c20-17(21)27-15-4-3-13(9-16(15)25-10-12-1-2-12)19(11-22)7-5-14(6-8-19)26-18(23)24/h3-4,9,12,14,17H,1-2,5-8,10H2,(H,23,24)/t14-,19+. The molecule has 6 nitrogen and oxygen atoms in total. The zero-order valence-electron chi connectivity index (χ0n) is 14.7. The van der Waals surface area contributed by atoms with E-state index in [2.05, 4.69) is 10.8 Å². The van der Waals surface area contributed by atoms with Crippen LogP contribution in [0.15, 0.2) is 18.2 Å². The van der Waals surface area contributed by atoms with Crippen molar-refractivity contribution in [1.29, 1.82) is 5.26 Å². The molecule has 0 spiro atoms. The fraction of sp³-hybridized carbons (Fsp3) is 0.579. The van der Waals surface area contributed by atoms with E-state index in [4.69, 9.17) is 14.6 Å². The minimum absolute atomic E-state index is 0.0506. The minimum Gasteiger partial charge on any atom is -0.489 e. The van der Waals surface area contributed by atoms with Gasteiger partial charge in [-0.2, -0.15) is 14.0 Å². The minimum atomic E-state index is -2.97. The molecule has 2 aliphatic rings. The molecule has 1 aromatic carbocycles. The fourth-order valence-electron chi connectivity index (χ4n) is 3.41. The zero-order chi connectivity index (χ0) is 19.4. The van der Waals surface area contributed by atoms with Crippen LogP contribution in [0.3, 0.4) is 0 Å². The Bertz CT molecular complexity index is 721. The van der Waals surface area contributed by atoms with E-state index >= 15 is 0 Å². The Balaban J connectivity index is 1.80. The van der Waals surface area contributed by atoms with Crippen molar-refractivity contribution in [3.63, 3.8) is 0 Å². The molecular weight excluding hydrogens is 360 g/mol. The molecule has 0 atom stereocenters. The Morgan fingerprint density at radius 3 is 2.52 bits per heavy atom. The third-order valence-electron chi connectivity index (χ3n) is 5.15. The molecule has 27 heavy (non-hydrogen) atoms. The Morgan fingerprint density at radius 2 is 1.96 bits per heavy atom. The third kappa shape index (κ3) is 4.79. The van der Waals surface area contributed by atoms with Gasteiger partial charge in [-0.1, -0.05) is 6.07 Å². The van der Waals surface area contributed by atoms with Crippen molar-refractivity contribution in [1.82, 2.24) is 0 Å². The second-order valence-electron chi connectivity index (χ2n) is 7.07. The number of nitriles is 1. The SMILES string of the molecule is N#C[C@]1(c2ccc(OC(F)F)c(OCC3CC3)c2)CC[C@@H](OC(=O)O)CC1. The van der Waals surface area contributed by atoms with Gasteiger partial charge in [-0.05, 0) is 62.1 Å². The lowest BCUT2D eigenvalue weighted by atomic mass is 9.69. The van der Waals surface area contributed by atoms with Crippen LogP contribution >= 0.6 is 0 Å². The van der Waals surface area contributed by atoms with Crippen LogP contribution in [0.2, 0.25) is 0 Å². The summed E-state index contributed by atoms with van der Waals surface area (Å²) in [5, 5.41) is 18.5. The number of benzene rings is 1. The Hall–Kier alpha value is -2.56. The van der Waals surface area contributed by atoms with Crippen LogP contribution in [0, 0.1) is 17.2 Å². The first-order valence-electron chi connectivity index (χ1n) is 8.95. The summed E-state index contributed by atoms with van der Waals surface area (Å²) in [7, 11) is 0. The Morgan fingerprint density at radius 1 is 1.26 bits per heavy atom. The molecule has 2 fully saturated rings. The lowest BCUT2D eigenvalue weighted by Gasteiger charge is -2.34. The average molecular weight is 381 g/mol. The van der Waals surface area contributed by atoms with Gasteiger partial charge in [-0.3, -0.25) is 0 Å². The molecule has 0 amide bonds. The smallest absolute Gasteiger partial charge is 0.489 e. The zero-order valence-corrected chi connectivity index (χ0v) is 14.7. The van der Waals surface area contributed by atoms with Crippen LogP contribution in [0.4, 0.5) is 13.6 Å². The van der Waals surface area contributed by atoms with Gasteiger partial charge in [0.2, 0.25) is 0 Å². The maximum Gasteiger partial charge on any atom is 0.506 e. The summed E-state index contributed by atoms with van der Waals surface area (Å²) in [6.07, 6.45) is 2.03. The molecule has 146 valence electrons. The molecular formula is C19H21F2NO5. The summed E-state index contributed by atoms with van der Waals surface area (Å²) < 4.78 is 40.4. The van der Waals surface area contributed by atoms with E-state index in [1.165, 1.54) is 6.07 Å². The number of alkyl halides is 2. The van der Waals surface area contributed by atoms with Crippen LogP contribution in [0.25, 0.3) is 0 Å². The quantitative estimate of drug-likeness (QED) is 0.701. The fourth-order valence-corrected chi connectivity index (χ4v) is 3.41. The average Bonchev–Trinajstić information content (AvgIpc) is 3.45. The topological polar surface area (TPSA) is 88.8 Å². The largest absolute Gasteiger partial charge is 0.506 e. The lowest BCUT2D eigenvalue weighted by molar-refractivity contribution is -0.0515. The first-order chi connectivity index (χ1) is 12.9. The van der Waals surface area contributed by atoms with Crippen molar-refractivity contribution < 1.29 is 32.9 Å². The normalized spacial score (nSPS) is 24.9. The van der Waals surface area contributed by atoms with E-state index in [9.17, 15) is 18.8 Å². The van der Waals surface area contributed by atoms with E-state index in [1.807, 2.05) is 0 Å². The van der Waals surface area contributed by atoms with Gasteiger partial charge in [0.05, 0.1) is 18.1 Å². The molecule has 0 aromatic heterocycles. The number of carboxylic acid groups (broad SMARTS) is 1. The van der Waals surface area contributed by atoms with Gasteiger partial charge >= 0.3 is 12.8 Å². The summed E-state index contributed by atoms with van der Waals surface area (Å²) in [5.74, 6) is 0.588. The van der Waals surface area contributed by atoms with Gasteiger partial charge < -0.3 is 19.3 Å². The summed E-state index contributed by atoms with van der Waals surface area (Å²) >= 11 is 0. The number of ether oxygens (including phenoxy) is 3. The van der Waals surface area contributed by atoms with Gasteiger partial charge in [0.15, 0.2) is 11.5 Å². The van der Waals surface area contributed by atoms with Crippen molar-refractivity contribution in [2.75, 3.05) is 6.61 Å². The molecule has 0 aliphatic heterocycles. The molecule has 2 saturated carbocycles. The first-order valence-corrected chi connectivity index (χ1v) is 8.95. The predicted molar refractivity (Wildman–Crippen MR) is 89.9 cm³/mol. The Labute approximate surface area is 155 Å². The maximum absolute atomic E-state index is 12.7. The molecule has 0 heterocycles. The number of nitrogens with zero attached hydrogens (tertiary/aromatic N) is 1. The van der Waals surface area contributed by atoms with Crippen molar-refractivity contribution in [3.8, 4) is 17.6 Å². The molecule has 0 radical (unpaired) electrons. The van der Waals surface area contributed by atoms with Gasteiger partial charge in [-0.15, -0.1) is 0 Å². The Kier molecular flexibility index (Phi) is 5.68. The molecule has 0 saturated heterocycles. The van der Waals surface area contributed by atoms with E-state index in [0.717, 1.165) is 12.8 Å². The van der Waals surface area contributed by atoms with E-state index in [-0.39, 0.29) is 11.5 Å². The van der Waals surface area contributed by atoms with Gasteiger partial charge in [0.25, 0.3) is 0 Å². The highest BCUT2D eigenvalue weighted by molar-refractivity contribution is 5.57. The monoisotopic (exact) mass is 381 g/mol. The van der Waals surface area contributed by atoms with Crippen LogP contribution in [-0.2, 0) is 10.2 Å². The van der Waals surface area contributed by atoms with Crippen LogP contribution < -0.4 is 9.47 Å². The number of hydrogen-bond acceptors (Lipinski definition) is 5. The van der Waals surface area contributed by atoms with Crippen LogP contribution in [-0.4, -0.2) is 30.6 Å². The van der Waals surface area contributed by atoms with E-state index < -0.39 is 24.3 Å². The van der Waals surface area contributed by atoms with Gasteiger partial charge in [0, 0.05) is 0 Å². The first kappa shape index (κ1) is 19.2. The maximum atomic E-state index is 12.7. The van der Waals surface area contributed by atoms with Crippen molar-refractivity contribution >= 4 is 6.16 Å². The molecule has 1 N–H and O–H groups in total. The van der Waals surface area contributed by atoms with E-state index in [0.29, 0.717) is 43.8 Å². The number of carbonyl (C=O) groups is 1. The highest BCUT2D eigenvalue weighted by atomic mass is 19.3. The second-order valence-corrected chi connectivity index (χ2v) is 7.07. The molecule has 2 aliphatic carbocycles. The molecule has 1 aromatic rings. The number of rotatable bonds is 7. The van der Waals surface area contributed by atoms with Crippen molar-refractivity contribution in [2.45, 2.75) is 56.7 Å². The van der Waals surface area contributed by atoms with Crippen molar-refractivity contribution in [2.24, 2.45) is 5.92 Å². The number of hydrogen-bond donors (Lipinski definition) is 1.